The number of aromatic hydroxyl groups is 1. The van der Waals surface area contributed by atoms with Gasteiger partial charge in [-0.25, -0.2) is 9.37 Å². The Labute approximate surface area is 354 Å². The first-order chi connectivity index (χ1) is 29.1. The molecule has 3 saturated heterocycles. The van der Waals surface area contributed by atoms with Crippen molar-refractivity contribution in [1.29, 1.82) is 0 Å². The van der Waals surface area contributed by atoms with Crippen LogP contribution in [0.2, 0.25) is 0 Å². The van der Waals surface area contributed by atoms with Gasteiger partial charge in [0.25, 0.3) is 17.7 Å². The van der Waals surface area contributed by atoms with Crippen molar-refractivity contribution < 1.29 is 33.5 Å². The van der Waals surface area contributed by atoms with Gasteiger partial charge in [-0.1, -0.05) is 12.1 Å². The lowest BCUT2D eigenvalue weighted by Gasteiger charge is -2.43. The van der Waals surface area contributed by atoms with Crippen LogP contribution >= 0.6 is 23.1 Å². The second-order valence-electron chi connectivity index (χ2n) is 15.8. The quantitative estimate of drug-likeness (QED) is 0.145. The van der Waals surface area contributed by atoms with Crippen LogP contribution in [0, 0.1) is 5.82 Å². The number of amides is 5. The van der Waals surface area contributed by atoms with Crippen molar-refractivity contribution in [2.75, 3.05) is 61.8 Å². The molecule has 4 aromatic rings. The van der Waals surface area contributed by atoms with E-state index in [4.69, 9.17) is 0 Å². The fraction of sp³-hybridized carbons (Fsp3) is 0.395. The zero-order valence-corrected chi connectivity index (χ0v) is 34.5. The van der Waals surface area contributed by atoms with Gasteiger partial charge in [0, 0.05) is 116 Å². The maximum Gasteiger partial charge on any atom is 0.255 e. The SMILES string of the molecule is O=C1CCC(N2Cc3c(SCCN4CCN(C5CCN(c6ccc7c(c6)C(=O)N(C(C(=O)Nc6nccs6)c6cc(F)ccc6O)C7)CC5)CC4)cccc3C2=O)C(=O)N1. The molecule has 3 aromatic carbocycles. The molecule has 0 aliphatic carbocycles. The lowest BCUT2D eigenvalue weighted by molar-refractivity contribution is -0.137. The smallest absolute Gasteiger partial charge is 0.255 e. The monoisotopic (exact) mass is 852 g/mol. The number of nitrogens with one attached hydrogen (secondary N) is 2. The Kier molecular flexibility index (Phi) is 11.3. The number of benzene rings is 3. The number of phenols is 1. The largest absolute Gasteiger partial charge is 0.508 e. The van der Waals surface area contributed by atoms with E-state index >= 15 is 0 Å². The highest BCUT2D eigenvalue weighted by molar-refractivity contribution is 7.99. The van der Waals surface area contributed by atoms with Crippen LogP contribution in [0.1, 0.15) is 69.1 Å². The highest BCUT2D eigenvalue weighted by Crippen LogP contribution is 2.39. The number of aromatic nitrogens is 1. The third kappa shape index (κ3) is 7.98. The van der Waals surface area contributed by atoms with Gasteiger partial charge < -0.3 is 19.8 Å². The van der Waals surface area contributed by atoms with Crippen molar-refractivity contribution in [3.63, 3.8) is 0 Å². The Morgan fingerprint density at radius 3 is 2.53 bits per heavy atom. The molecule has 312 valence electrons. The normalized spacial score (nSPS) is 20.7. The number of rotatable bonds is 11. The number of anilines is 2. The first-order valence-electron chi connectivity index (χ1n) is 20.3. The third-order valence-corrected chi connectivity index (χ3v) is 14.2. The van der Waals surface area contributed by atoms with E-state index < -0.39 is 29.7 Å². The minimum Gasteiger partial charge on any atom is -0.508 e. The summed E-state index contributed by atoms with van der Waals surface area (Å²) in [6.07, 6.45) is 4.13. The number of thiazole rings is 1. The van der Waals surface area contributed by atoms with Crippen molar-refractivity contribution in [1.82, 2.24) is 29.9 Å². The summed E-state index contributed by atoms with van der Waals surface area (Å²) in [5.41, 5.74) is 3.80. The number of imide groups is 1. The highest BCUT2D eigenvalue weighted by Gasteiger charge is 2.41. The number of carbonyl (C=O) groups is 5. The van der Waals surface area contributed by atoms with Gasteiger partial charge in [0.1, 0.15) is 23.7 Å². The molecule has 1 aromatic heterocycles. The van der Waals surface area contributed by atoms with E-state index in [0.717, 1.165) is 98.3 Å². The van der Waals surface area contributed by atoms with Crippen molar-refractivity contribution >= 4 is 63.5 Å². The topological polar surface area (TPSA) is 159 Å². The number of hydrogen-bond donors (Lipinski definition) is 3. The van der Waals surface area contributed by atoms with Crippen LogP contribution in [0.3, 0.4) is 0 Å². The molecule has 14 nitrogen and oxygen atoms in total. The molecule has 0 saturated carbocycles. The maximum atomic E-state index is 14.4. The molecule has 5 aliphatic rings. The molecule has 17 heteroatoms. The lowest BCUT2D eigenvalue weighted by atomic mass is 10.0. The van der Waals surface area contributed by atoms with E-state index in [1.807, 2.05) is 36.4 Å². The average molecular weight is 853 g/mol. The zero-order valence-electron chi connectivity index (χ0n) is 32.8. The van der Waals surface area contributed by atoms with E-state index in [1.54, 1.807) is 28.2 Å². The number of nitrogens with zero attached hydrogens (tertiary/aromatic N) is 6. The molecule has 2 atom stereocenters. The standard InChI is InChI=1S/C43H45FN8O6S2/c44-27-5-8-35(53)32(22-27)38(40(56)47-43-45-12-20-60-43)52-24-26-4-6-29(23-31(26)42(52)58)49-13-10-28(11-14-49)50-17-15-48(16-18-50)19-21-59-36-3-1-2-30-33(36)25-51(41(30)57)34-7-9-37(54)46-39(34)55/h1-6,8,12,20,22-23,28,34,38,53H,7,9-11,13-19,21,24-25H2,(H,45,47,56)(H,46,54,55). The number of thioether (sulfide) groups is 1. The number of piperazine rings is 1. The van der Waals surface area contributed by atoms with Gasteiger partial charge in [0.05, 0.1) is 0 Å². The van der Waals surface area contributed by atoms with Crippen LogP contribution in [0.25, 0.3) is 0 Å². The Bertz CT molecular complexity index is 2330. The van der Waals surface area contributed by atoms with Crippen molar-refractivity contribution in [3.8, 4) is 5.75 Å². The average Bonchev–Trinajstić information content (AvgIpc) is 3.97. The van der Waals surface area contributed by atoms with E-state index in [9.17, 15) is 33.5 Å². The van der Waals surface area contributed by atoms with E-state index in [0.29, 0.717) is 35.3 Å². The molecule has 3 fully saturated rings. The van der Waals surface area contributed by atoms with Gasteiger partial charge in [0.15, 0.2) is 5.13 Å². The molecule has 60 heavy (non-hydrogen) atoms. The summed E-state index contributed by atoms with van der Waals surface area (Å²) in [7, 11) is 0. The minimum atomic E-state index is -1.28. The van der Waals surface area contributed by atoms with Gasteiger partial charge in [-0.15, -0.1) is 23.1 Å². The van der Waals surface area contributed by atoms with Gasteiger partial charge in [0.2, 0.25) is 11.8 Å². The van der Waals surface area contributed by atoms with Gasteiger partial charge in [-0.3, -0.25) is 44.4 Å². The molecule has 6 heterocycles. The lowest BCUT2D eigenvalue weighted by Crippen LogP contribution is -2.53. The molecule has 9 rings (SSSR count). The van der Waals surface area contributed by atoms with Crippen molar-refractivity contribution in [2.45, 2.75) is 61.8 Å². The number of carbonyl (C=O) groups excluding carboxylic acids is 5. The fourth-order valence-corrected chi connectivity index (χ4v) is 10.8. The van der Waals surface area contributed by atoms with Crippen LogP contribution in [0.4, 0.5) is 15.2 Å². The predicted molar refractivity (Wildman–Crippen MR) is 224 cm³/mol. The second kappa shape index (κ2) is 17.0. The number of piperidine rings is 2. The summed E-state index contributed by atoms with van der Waals surface area (Å²) in [5.74, 6) is -1.82. The summed E-state index contributed by atoms with van der Waals surface area (Å²) in [4.78, 5) is 80.6. The molecule has 2 unspecified atom stereocenters. The molecule has 0 spiro atoms. The number of hydrogen-bond acceptors (Lipinski definition) is 12. The van der Waals surface area contributed by atoms with Crippen LogP contribution in [-0.2, 0) is 27.5 Å². The molecular weight excluding hydrogens is 808 g/mol. The Hall–Kier alpha value is -5.36. The van der Waals surface area contributed by atoms with E-state index in [2.05, 4.69) is 30.3 Å². The van der Waals surface area contributed by atoms with E-state index in [-0.39, 0.29) is 42.0 Å². The summed E-state index contributed by atoms with van der Waals surface area (Å²) >= 11 is 2.97. The Morgan fingerprint density at radius 2 is 1.77 bits per heavy atom. The first-order valence-corrected chi connectivity index (χ1v) is 22.2. The summed E-state index contributed by atoms with van der Waals surface area (Å²) in [6, 6.07) is 13.6. The Balaban J connectivity index is 0.762. The summed E-state index contributed by atoms with van der Waals surface area (Å²) in [5, 5.41) is 17.8. The Morgan fingerprint density at radius 1 is 0.950 bits per heavy atom. The number of phenolic OH excluding ortho intramolecular Hbond substituents is 1. The van der Waals surface area contributed by atoms with Crippen LogP contribution < -0.4 is 15.5 Å². The molecule has 5 amide bonds. The second-order valence-corrected chi connectivity index (χ2v) is 17.9. The highest BCUT2D eigenvalue weighted by atomic mass is 32.2. The molecule has 3 N–H and O–H groups in total. The van der Waals surface area contributed by atoms with Crippen LogP contribution in [-0.4, -0.2) is 123 Å². The summed E-state index contributed by atoms with van der Waals surface area (Å²) < 4.78 is 14.4. The van der Waals surface area contributed by atoms with Crippen molar-refractivity contribution in [3.05, 3.63) is 99.8 Å². The number of halogens is 1. The minimum absolute atomic E-state index is 0.00244. The molecule has 0 radical (unpaired) electrons. The van der Waals surface area contributed by atoms with Crippen LogP contribution in [0.15, 0.2) is 71.1 Å². The predicted octanol–water partition coefficient (Wildman–Crippen LogP) is 4.46. The van der Waals surface area contributed by atoms with Crippen LogP contribution in [0.5, 0.6) is 5.75 Å². The third-order valence-electron chi connectivity index (χ3n) is 12.4. The first kappa shape index (κ1) is 40.1. The maximum absolute atomic E-state index is 14.4. The zero-order chi connectivity index (χ0) is 41.5. The summed E-state index contributed by atoms with van der Waals surface area (Å²) in [6.45, 7) is 7.08. The molecule has 0 bridgehead atoms. The van der Waals surface area contributed by atoms with Gasteiger partial charge in [-0.05, 0) is 72.9 Å². The van der Waals surface area contributed by atoms with E-state index in [1.165, 1.54) is 22.3 Å². The van der Waals surface area contributed by atoms with Gasteiger partial charge >= 0.3 is 0 Å². The molecule has 5 aliphatic heterocycles. The fourth-order valence-electron chi connectivity index (χ4n) is 9.19. The van der Waals surface area contributed by atoms with Gasteiger partial charge in [-0.2, -0.15) is 0 Å². The van der Waals surface area contributed by atoms with Crippen molar-refractivity contribution in [2.24, 2.45) is 0 Å². The number of fused-ring (bicyclic) bond motifs is 2. The molecular formula is C43H45FN8O6S2.